The van der Waals surface area contributed by atoms with Gasteiger partial charge in [-0.1, -0.05) is 0 Å². The largest absolute Gasteiger partial charge is 0.510 e. The van der Waals surface area contributed by atoms with Crippen molar-refractivity contribution in [1.82, 2.24) is 15.3 Å². The average molecular weight is 375 g/mol. The van der Waals surface area contributed by atoms with Gasteiger partial charge in [0.2, 0.25) is 6.79 Å². The van der Waals surface area contributed by atoms with Gasteiger partial charge < -0.3 is 19.1 Å². The van der Waals surface area contributed by atoms with Gasteiger partial charge in [0, 0.05) is 25.6 Å². The molecule has 0 radical (unpaired) electrons. The quantitative estimate of drug-likeness (QED) is 0.251. The Labute approximate surface area is 148 Å². The van der Waals surface area contributed by atoms with Crippen molar-refractivity contribution in [3.63, 3.8) is 0 Å². The molecular weight excluding hydrogens is 356 g/mol. The summed E-state index contributed by atoms with van der Waals surface area (Å²) in [5.74, 6) is -3.75. The van der Waals surface area contributed by atoms with E-state index in [2.05, 4.69) is 14.9 Å². The molecule has 0 aromatic heterocycles. The average Bonchev–Trinajstić information content (AvgIpc) is 2.57. The van der Waals surface area contributed by atoms with Crippen LogP contribution in [0.4, 0.5) is 13.6 Å². The van der Waals surface area contributed by atoms with E-state index >= 15 is 0 Å². The number of hydrazine groups is 1. The molecule has 2 aliphatic rings. The smallest absolute Gasteiger partial charge is 0.462 e. The number of ketones is 1. The van der Waals surface area contributed by atoms with Crippen molar-refractivity contribution >= 4 is 17.8 Å². The molecule has 0 spiro atoms. The van der Waals surface area contributed by atoms with Crippen molar-refractivity contribution in [2.45, 2.75) is 31.9 Å². The summed E-state index contributed by atoms with van der Waals surface area (Å²) in [4.78, 5) is 35.9. The van der Waals surface area contributed by atoms with Crippen LogP contribution in [-0.4, -0.2) is 60.3 Å². The number of allylic oxidation sites excluding steroid dienone is 1. The van der Waals surface area contributed by atoms with Crippen LogP contribution in [0.3, 0.4) is 0 Å². The SMILES string of the molecule is COC(=O)OCO/C=C1\C(=O)N2CCC(F)(F)C[C@H]2NN1/C=C\C(C)=O. The van der Waals surface area contributed by atoms with Gasteiger partial charge in [0.05, 0.1) is 7.11 Å². The molecule has 144 valence electrons. The summed E-state index contributed by atoms with van der Waals surface area (Å²) in [5.41, 5.74) is 2.69. The van der Waals surface area contributed by atoms with Crippen molar-refractivity contribution in [3.8, 4) is 0 Å². The molecule has 11 heteroatoms. The Morgan fingerprint density at radius 2 is 2.15 bits per heavy atom. The van der Waals surface area contributed by atoms with E-state index in [1.165, 1.54) is 18.0 Å². The first-order valence-electron chi connectivity index (χ1n) is 7.69. The van der Waals surface area contributed by atoms with E-state index < -0.39 is 43.8 Å². The number of alkyl halides is 2. The third-order valence-corrected chi connectivity index (χ3v) is 3.68. The molecule has 0 unspecified atom stereocenters. The van der Waals surface area contributed by atoms with E-state index in [1.807, 2.05) is 0 Å². The second-order valence-corrected chi connectivity index (χ2v) is 5.64. The van der Waals surface area contributed by atoms with Gasteiger partial charge in [0.1, 0.15) is 12.4 Å². The molecule has 2 heterocycles. The number of fused-ring (bicyclic) bond motifs is 1. The molecule has 9 nitrogen and oxygen atoms in total. The van der Waals surface area contributed by atoms with E-state index in [0.29, 0.717) is 0 Å². The summed E-state index contributed by atoms with van der Waals surface area (Å²) in [6.45, 7) is 0.645. The topological polar surface area (TPSA) is 97.4 Å². The number of amides is 1. The molecule has 1 amide bonds. The van der Waals surface area contributed by atoms with Crippen LogP contribution in [0.5, 0.6) is 0 Å². The third-order valence-electron chi connectivity index (χ3n) is 3.68. The Bertz CT molecular complexity index is 637. The number of halogens is 2. The number of nitrogens with zero attached hydrogens (tertiary/aromatic N) is 2. The zero-order valence-electron chi connectivity index (χ0n) is 14.2. The normalized spacial score (nSPS) is 23.8. The number of piperidine rings is 1. The number of carbonyl (C=O) groups is 3. The lowest BCUT2D eigenvalue weighted by atomic mass is 10.0. The first-order chi connectivity index (χ1) is 12.2. The first kappa shape index (κ1) is 19.6. The summed E-state index contributed by atoms with van der Waals surface area (Å²) in [5, 5.41) is 1.13. The van der Waals surface area contributed by atoms with Crippen LogP contribution >= 0.6 is 0 Å². The number of nitrogens with one attached hydrogen (secondary N) is 1. The number of ether oxygens (including phenoxy) is 3. The van der Waals surface area contributed by atoms with E-state index in [1.54, 1.807) is 0 Å². The molecular formula is C15H19F2N3O6. The zero-order valence-corrected chi connectivity index (χ0v) is 14.2. The minimum Gasteiger partial charge on any atom is -0.462 e. The number of hydrogen-bond donors (Lipinski definition) is 1. The maximum Gasteiger partial charge on any atom is 0.510 e. The van der Waals surface area contributed by atoms with Crippen LogP contribution in [0.25, 0.3) is 0 Å². The van der Waals surface area contributed by atoms with Gasteiger partial charge >= 0.3 is 6.16 Å². The lowest BCUT2D eigenvalue weighted by Gasteiger charge is -2.46. The molecule has 0 aliphatic carbocycles. The predicted octanol–water partition coefficient (Wildman–Crippen LogP) is 1.09. The van der Waals surface area contributed by atoms with Crippen LogP contribution in [0, 0.1) is 0 Å². The third kappa shape index (κ3) is 4.91. The number of rotatable bonds is 5. The highest BCUT2D eigenvalue weighted by atomic mass is 19.3. The van der Waals surface area contributed by atoms with Crippen LogP contribution in [0.15, 0.2) is 24.2 Å². The summed E-state index contributed by atoms with van der Waals surface area (Å²) < 4.78 is 41.0. The zero-order chi connectivity index (χ0) is 19.3. The monoisotopic (exact) mass is 375 g/mol. The lowest BCUT2D eigenvalue weighted by molar-refractivity contribution is -0.152. The number of methoxy groups -OCH3 is 1. The Hall–Kier alpha value is -2.69. The fourth-order valence-electron chi connectivity index (χ4n) is 2.44. The fourth-order valence-corrected chi connectivity index (χ4v) is 2.44. The fraction of sp³-hybridized carbons (Fsp3) is 0.533. The number of hydrogen-bond acceptors (Lipinski definition) is 8. The van der Waals surface area contributed by atoms with Crippen LogP contribution in [-0.2, 0) is 23.8 Å². The molecule has 26 heavy (non-hydrogen) atoms. The molecule has 0 bridgehead atoms. The van der Waals surface area contributed by atoms with Gasteiger partial charge in [0.15, 0.2) is 11.5 Å². The van der Waals surface area contributed by atoms with Gasteiger partial charge in [-0.05, 0) is 13.0 Å². The minimum absolute atomic E-state index is 0.0579. The van der Waals surface area contributed by atoms with E-state index in [0.717, 1.165) is 24.5 Å². The molecule has 0 aromatic carbocycles. The van der Waals surface area contributed by atoms with Crippen molar-refractivity contribution in [3.05, 3.63) is 24.2 Å². The maximum atomic E-state index is 13.6. The lowest BCUT2D eigenvalue weighted by Crippen LogP contribution is -2.64. The Balaban J connectivity index is 2.15. The molecule has 0 saturated carbocycles. The molecule has 2 fully saturated rings. The summed E-state index contributed by atoms with van der Waals surface area (Å²) in [7, 11) is 1.12. The second-order valence-electron chi connectivity index (χ2n) is 5.64. The molecule has 2 aliphatic heterocycles. The van der Waals surface area contributed by atoms with Crippen LogP contribution in [0.2, 0.25) is 0 Å². The Morgan fingerprint density at radius 1 is 1.42 bits per heavy atom. The van der Waals surface area contributed by atoms with Crippen molar-refractivity contribution in [2.24, 2.45) is 0 Å². The Kier molecular flexibility index (Phi) is 6.14. The van der Waals surface area contributed by atoms with Gasteiger partial charge in [-0.2, -0.15) is 0 Å². The molecule has 1 atom stereocenters. The maximum absolute atomic E-state index is 13.6. The van der Waals surface area contributed by atoms with E-state index in [-0.39, 0.29) is 18.0 Å². The van der Waals surface area contributed by atoms with E-state index in [4.69, 9.17) is 4.74 Å². The first-order valence-corrected chi connectivity index (χ1v) is 7.69. The summed E-state index contributed by atoms with van der Waals surface area (Å²) in [6, 6.07) is 0. The highest BCUT2D eigenvalue weighted by Crippen LogP contribution is 2.34. The minimum atomic E-state index is -2.89. The molecule has 2 rings (SSSR count). The number of carbonyl (C=O) groups excluding carboxylic acids is 3. The second kappa shape index (κ2) is 8.13. The molecule has 2 saturated heterocycles. The summed E-state index contributed by atoms with van der Waals surface area (Å²) >= 11 is 0. The standard InChI is InChI=1S/C15H19F2N3O6/c1-10(21)3-5-20-11(8-25-9-26-14(23)24-2)13(22)19-6-4-15(16,17)7-12(19)18-20/h3,5,8,12,18H,4,6-7,9H2,1-2H3/b5-3-,11-8+/t12-/m0/s1. The van der Waals surface area contributed by atoms with Crippen molar-refractivity contribution in [2.75, 3.05) is 20.4 Å². The molecule has 1 N–H and O–H groups in total. The van der Waals surface area contributed by atoms with Crippen molar-refractivity contribution in [1.29, 1.82) is 0 Å². The van der Waals surface area contributed by atoms with Crippen molar-refractivity contribution < 1.29 is 37.4 Å². The predicted molar refractivity (Wildman–Crippen MR) is 82.0 cm³/mol. The Morgan fingerprint density at radius 3 is 2.81 bits per heavy atom. The van der Waals surface area contributed by atoms with Crippen LogP contribution in [0.1, 0.15) is 19.8 Å². The highest BCUT2D eigenvalue weighted by Gasteiger charge is 2.46. The van der Waals surface area contributed by atoms with Gasteiger partial charge in [-0.3, -0.25) is 14.6 Å². The van der Waals surface area contributed by atoms with Crippen LogP contribution < -0.4 is 5.43 Å². The molecule has 0 aromatic rings. The van der Waals surface area contributed by atoms with E-state index in [9.17, 15) is 23.2 Å². The van der Waals surface area contributed by atoms with Gasteiger partial charge in [-0.15, -0.1) is 0 Å². The summed E-state index contributed by atoms with van der Waals surface area (Å²) in [6.07, 6.45) is 0.513. The van der Waals surface area contributed by atoms with Gasteiger partial charge in [0.25, 0.3) is 11.8 Å². The highest BCUT2D eigenvalue weighted by molar-refractivity contribution is 5.94. The van der Waals surface area contributed by atoms with Gasteiger partial charge in [-0.25, -0.2) is 19.0 Å².